The first kappa shape index (κ1) is 19.2. The Balaban J connectivity index is 0.00000200. The second kappa shape index (κ2) is 9.16. The number of benzene rings is 2. The maximum absolute atomic E-state index is 11.3. The Bertz CT molecular complexity index is 572. The third-order valence-corrected chi connectivity index (χ3v) is 3.03. The van der Waals surface area contributed by atoms with Crippen LogP contribution in [0.1, 0.15) is 11.1 Å². The molecule has 2 aromatic rings. The van der Waals surface area contributed by atoms with Gasteiger partial charge in [0.15, 0.2) is 0 Å². The van der Waals surface area contributed by atoms with Crippen LogP contribution < -0.4 is 4.74 Å². The normalized spacial score (nSPS) is 9.10. The number of hydrogen-bond donors (Lipinski definition) is 0. The summed E-state index contributed by atoms with van der Waals surface area (Å²) in [6, 6.07) is 15.2. The van der Waals surface area contributed by atoms with Crippen LogP contribution >= 0.6 is 0 Å². The standard InChI is InChI=1S/C15H14O3.Al.2H2O/c1-11-7-8-14(9-12(11)10-15(16)17)18-13-5-3-2-4-6-13;;;/h2-9H,10H2,1H3,(H,16,17);;2*1H2/q;+3;;/p-3. The second-order valence-corrected chi connectivity index (χ2v) is 4.41. The summed E-state index contributed by atoms with van der Waals surface area (Å²) >= 11 is 1.97. The van der Waals surface area contributed by atoms with Gasteiger partial charge in [-0.05, 0) is 0 Å². The van der Waals surface area contributed by atoms with Gasteiger partial charge in [0.25, 0.3) is 0 Å². The summed E-state index contributed by atoms with van der Waals surface area (Å²) in [6.07, 6.45) is 0.237. The van der Waals surface area contributed by atoms with Crippen LogP contribution in [0.5, 0.6) is 11.5 Å². The van der Waals surface area contributed by atoms with Gasteiger partial charge in [-0.25, -0.2) is 0 Å². The van der Waals surface area contributed by atoms with E-state index in [1.54, 1.807) is 0 Å². The Hall–Kier alpha value is -1.84. The van der Waals surface area contributed by atoms with Crippen molar-refractivity contribution < 1.29 is 24.3 Å². The molecule has 0 radical (unpaired) electrons. The van der Waals surface area contributed by atoms with Gasteiger partial charge >= 0.3 is 120 Å². The van der Waals surface area contributed by atoms with Gasteiger partial charge in [-0.3, -0.25) is 0 Å². The zero-order valence-electron chi connectivity index (χ0n) is 11.5. The van der Waals surface area contributed by atoms with Crippen LogP contribution in [0.3, 0.4) is 0 Å². The van der Waals surface area contributed by atoms with Gasteiger partial charge < -0.3 is 11.0 Å². The third-order valence-electron chi connectivity index (χ3n) is 2.77. The predicted octanol–water partition coefficient (Wildman–Crippen LogP) is 2.60. The molecule has 0 amide bonds. The number of hydrogen-bond acceptors (Lipinski definition) is 5. The average Bonchev–Trinajstić information content (AvgIpc) is 2.43. The van der Waals surface area contributed by atoms with Crippen molar-refractivity contribution in [2.24, 2.45) is 0 Å². The zero-order chi connectivity index (χ0) is 13.7. The second-order valence-electron chi connectivity index (χ2n) is 4.17. The summed E-state index contributed by atoms with van der Waals surface area (Å²) in [5, 5.41) is 0. The molecule has 0 aliphatic rings. The molecule has 21 heavy (non-hydrogen) atoms. The molecule has 108 valence electrons. The van der Waals surface area contributed by atoms with Crippen molar-refractivity contribution in [3.05, 3.63) is 59.7 Å². The first-order valence-corrected chi connectivity index (χ1v) is 6.38. The fraction of sp³-hybridized carbons (Fsp3) is 0.133. The third kappa shape index (κ3) is 5.58. The molecule has 0 unspecified atom stereocenters. The minimum atomic E-state index is -0.287. The van der Waals surface area contributed by atoms with Crippen molar-refractivity contribution in [3.63, 3.8) is 0 Å². The average molecular weight is 302 g/mol. The minimum Gasteiger partial charge on any atom is -0.870 e. The van der Waals surface area contributed by atoms with Crippen LogP contribution in [-0.4, -0.2) is 33.5 Å². The van der Waals surface area contributed by atoms with E-state index in [1.807, 2.05) is 72.1 Å². The monoisotopic (exact) mass is 302 g/mol. The van der Waals surface area contributed by atoms with Crippen LogP contribution in [0.2, 0.25) is 0 Å². The fourth-order valence-corrected chi connectivity index (χ4v) is 1.81. The molecule has 0 bridgehead atoms. The van der Waals surface area contributed by atoms with Gasteiger partial charge in [0.1, 0.15) is 0 Å². The molecule has 0 fully saturated rings. The van der Waals surface area contributed by atoms with E-state index < -0.39 is 0 Å². The van der Waals surface area contributed by atoms with E-state index in [4.69, 9.17) is 4.74 Å². The Morgan fingerprint density at radius 2 is 1.71 bits per heavy atom. The summed E-state index contributed by atoms with van der Waals surface area (Å²) in [6.45, 7) is 1.96. The molecule has 2 aromatic carbocycles. The molecule has 6 heteroatoms. The van der Waals surface area contributed by atoms with E-state index in [1.165, 1.54) is 0 Å². The van der Waals surface area contributed by atoms with Gasteiger partial charge in [-0.15, -0.1) is 0 Å². The largest absolute Gasteiger partial charge is 0.870 e. The molecule has 0 aliphatic carbocycles. The molecule has 2 rings (SSSR count). The summed E-state index contributed by atoms with van der Waals surface area (Å²) in [4.78, 5) is 11.3. The van der Waals surface area contributed by atoms with Crippen molar-refractivity contribution in [2.45, 2.75) is 13.3 Å². The Morgan fingerprint density at radius 3 is 2.33 bits per heavy atom. The van der Waals surface area contributed by atoms with E-state index in [0.717, 1.165) is 16.9 Å². The van der Waals surface area contributed by atoms with E-state index in [9.17, 15) is 4.79 Å². The SMILES string of the molecule is Cc1ccc(Oc2ccccc2)cc1CC(=O)[O][Al+2].[OH-].[OH-]. The number of rotatable bonds is 4. The Labute approximate surface area is 131 Å². The van der Waals surface area contributed by atoms with Crippen molar-refractivity contribution in [1.29, 1.82) is 0 Å². The minimum absolute atomic E-state index is 0. The molecule has 0 saturated heterocycles. The fourth-order valence-electron chi connectivity index (χ4n) is 1.72. The molecule has 0 atom stereocenters. The number of carbonyl (C=O) groups excluding carboxylic acids is 1. The summed E-state index contributed by atoms with van der Waals surface area (Å²) in [5.74, 6) is 1.19. The van der Waals surface area contributed by atoms with Crippen LogP contribution in [0.4, 0.5) is 0 Å². The van der Waals surface area contributed by atoms with Crippen LogP contribution in [-0.2, 0) is 15.0 Å². The summed E-state index contributed by atoms with van der Waals surface area (Å²) in [5.41, 5.74) is 1.94. The molecular formula is C15H15AlO5. The zero-order valence-corrected chi connectivity index (χ0v) is 12.7. The van der Waals surface area contributed by atoms with E-state index in [0.29, 0.717) is 5.75 Å². The molecule has 0 saturated carbocycles. The van der Waals surface area contributed by atoms with E-state index >= 15 is 0 Å². The Morgan fingerprint density at radius 1 is 1.05 bits per heavy atom. The van der Waals surface area contributed by atoms with E-state index in [-0.39, 0.29) is 23.3 Å². The number of carbonyl (C=O) groups is 1. The molecule has 0 aromatic heterocycles. The summed E-state index contributed by atoms with van der Waals surface area (Å²) < 4.78 is 10.3. The van der Waals surface area contributed by atoms with Crippen molar-refractivity contribution >= 4 is 22.6 Å². The van der Waals surface area contributed by atoms with Gasteiger partial charge in [0.2, 0.25) is 0 Å². The molecule has 0 heterocycles. The Kier molecular flexibility index (Phi) is 8.36. The molecule has 5 nitrogen and oxygen atoms in total. The predicted molar refractivity (Wildman–Crippen MR) is 77.1 cm³/mol. The van der Waals surface area contributed by atoms with Gasteiger partial charge in [-0.2, -0.15) is 0 Å². The molecule has 0 aliphatic heterocycles. The quantitative estimate of drug-likeness (QED) is 0.809. The smallest absolute Gasteiger partial charge is 0.870 e. The first-order chi connectivity index (χ1) is 9.19. The van der Waals surface area contributed by atoms with Gasteiger partial charge in [0, 0.05) is 0 Å². The first-order valence-electron chi connectivity index (χ1n) is 5.91. The van der Waals surface area contributed by atoms with Crippen LogP contribution in [0, 0.1) is 6.92 Å². The van der Waals surface area contributed by atoms with Gasteiger partial charge in [-0.1, -0.05) is 0 Å². The maximum Gasteiger partial charge on any atom is -0.870 e. The van der Waals surface area contributed by atoms with E-state index in [2.05, 4.69) is 3.79 Å². The topological polar surface area (TPSA) is 95.5 Å². The summed E-state index contributed by atoms with van der Waals surface area (Å²) in [7, 11) is 0. The van der Waals surface area contributed by atoms with Crippen LogP contribution in [0.25, 0.3) is 0 Å². The van der Waals surface area contributed by atoms with Crippen molar-refractivity contribution in [2.75, 3.05) is 0 Å². The number of para-hydroxylation sites is 1. The number of ether oxygens (including phenoxy) is 1. The molecular weight excluding hydrogens is 287 g/mol. The van der Waals surface area contributed by atoms with Crippen molar-refractivity contribution in [1.82, 2.24) is 0 Å². The van der Waals surface area contributed by atoms with Crippen molar-refractivity contribution in [3.8, 4) is 11.5 Å². The molecule has 2 N–H and O–H groups in total. The molecule has 0 spiro atoms. The number of aryl methyl sites for hydroxylation is 1. The van der Waals surface area contributed by atoms with Crippen LogP contribution in [0.15, 0.2) is 48.5 Å². The van der Waals surface area contributed by atoms with Gasteiger partial charge in [0.05, 0.1) is 0 Å². The maximum atomic E-state index is 11.3.